The minimum atomic E-state index is -0.888. The zero-order chi connectivity index (χ0) is 12.0. The van der Waals surface area contributed by atoms with Crippen LogP contribution in [-0.2, 0) is 16.1 Å². The van der Waals surface area contributed by atoms with Crippen LogP contribution in [0.5, 0.6) is 0 Å². The lowest BCUT2D eigenvalue weighted by Gasteiger charge is -2.04. The van der Waals surface area contributed by atoms with Crippen molar-refractivity contribution in [3.05, 3.63) is 46.6 Å². The van der Waals surface area contributed by atoms with Crippen LogP contribution in [0.2, 0.25) is 0 Å². The van der Waals surface area contributed by atoms with Crippen molar-refractivity contribution >= 4 is 11.8 Å². The number of hydrogen-bond acceptors (Lipinski definition) is 5. The Labute approximate surface area is 91.9 Å². The number of para-hydroxylation sites is 1. The van der Waals surface area contributed by atoms with E-state index in [4.69, 9.17) is 0 Å². The lowest BCUT2D eigenvalue weighted by molar-refractivity contribution is -0.385. The number of nitro groups is 1. The largest absolute Gasteiger partial charge is 0.509 e. The van der Waals surface area contributed by atoms with Gasteiger partial charge in [0.2, 0.25) is 0 Å². The summed E-state index contributed by atoms with van der Waals surface area (Å²) in [5, 5.41) is 10.6. The van der Waals surface area contributed by atoms with Crippen LogP contribution in [0.15, 0.2) is 24.3 Å². The molecule has 6 nitrogen and oxygen atoms in total. The van der Waals surface area contributed by atoms with E-state index in [0.29, 0.717) is 5.56 Å². The number of benzene rings is 1. The molecule has 1 aromatic carbocycles. The number of carbonyl (C=O) groups is 1. The van der Waals surface area contributed by atoms with Gasteiger partial charge in [0.25, 0.3) is 5.69 Å². The van der Waals surface area contributed by atoms with Gasteiger partial charge in [0, 0.05) is 6.07 Å². The minimum Gasteiger partial charge on any atom is -0.429 e. The molecular weight excluding hydrogens is 214 g/mol. The van der Waals surface area contributed by atoms with Crippen molar-refractivity contribution in [3.63, 3.8) is 0 Å². The van der Waals surface area contributed by atoms with E-state index in [-0.39, 0.29) is 12.3 Å². The first-order valence-corrected chi connectivity index (χ1v) is 4.48. The van der Waals surface area contributed by atoms with Gasteiger partial charge in [0.1, 0.15) is 13.2 Å². The average Bonchev–Trinajstić information content (AvgIpc) is 2.27. The van der Waals surface area contributed by atoms with Gasteiger partial charge in [-0.15, -0.1) is 0 Å². The summed E-state index contributed by atoms with van der Waals surface area (Å²) in [6, 6.07) is 6.03. The van der Waals surface area contributed by atoms with Crippen LogP contribution >= 0.6 is 0 Å². The van der Waals surface area contributed by atoms with E-state index in [2.05, 4.69) is 9.47 Å². The van der Waals surface area contributed by atoms with Crippen molar-refractivity contribution in [3.8, 4) is 0 Å². The van der Waals surface area contributed by atoms with E-state index < -0.39 is 11.1 Å². The monoisotopic (exact) mass is 224 g/mol. The van der Waals surface area contributed by atoms with Crippen molar-refractivity contribution in [2.45, 2.75) is 13.5 Å². The Morgan fingerprint density at radius 1 is 1.50 bits per heavy atom. The lowest BCUT2D eigenvalue weighted by Crippen LogP contribution is -2.06. The molecule has 0 aliphatic heterocycles. The third-order valence-corrected chi connectivity index (χ3v) is 1.75. The molecule has 0 aliphatic rings. The molecule has 0 aromatic heterocycles. The van der Waals surface area contributed by atoms with Gasteiger partial charge in [-0.05, 0) is 13.0 Å². The molecule has 0 atom stereocenters. The summed E-state index contributed by atoms with van der Waals surface area (Å²) in [4.78, 5) is 20.9. The van der Waals surface area contributed by atoms with Gasteiger partial charge in [-0.1, -0.05) is 12.1 Å². The number of rotatable bonds is 4. The fourth-order valence-electron chi connectivity index (χ4n) is 1.08. The Balaban J connectivity index is 2.66. The Hall–Kier alpha value is -2.11. The molecule has 0 aliphatic carbocycles. The van der Waals surface area contributed by atoms with E-state index >= 15 is 0 Å². The molecule has 1 aromatic rings. The Kier molecular flexibility index (Phi) is 4.26. The molecule has 16 heavy (non-hydrogen) atoms. The summed E-state index contributed by atoms with van der Waals surface area (Å²) in [5.41, 5.74) is 0.233. The van der Waals surface area contributed by atoms with E-state index in [0.717, 1.165) is 0 Å². The molecular formula is C10H10NO5. The summed E-state index contributed by atoms with van der Waals surface area (Å²) in [6.45, 7) is 2.50. The topological polar surface area (TPSA) is 78.7 Å². The highest BCUT2D eigenvalue weighted by atomic mass is 16.7. The second kappa shape index (κ2) is 5.69. The van der Waals surface area contributed by atoms with E-state index in [9.17, 15) is 14.9 Å². The summed E-state index contributed by atoms with van der Waals surface area (Å²) in [5.74, 6) is 0. The molecule has 0 saturated heterocycles. The molecule has 1 radical (unpaired) electrons. The average molecular weight is 224 g/mol. The van der Waals surface area contributed by atoms with Crippen LogP contribution in [0.4, 0.5) is 10.5 Å². The molecule has 0 bridgehead atoms. The maximum absolute atomic E-state index is 10.9. The van der Waals surface area contributed by atoms with Crippen molar-refractivity contribution in [1.82, 2.24) is 0 Å². The maximum atomic E-state index is 10.9. The van der Waals surface area contributed by atoms with Crippen LogP contribution in [0, 0.1) is 16.7 Å². The second-order valence-corrected chi connectivity index (χ2v) is 2.78. The molecule has 85 valence electrons. The minimum absolute atomic E-state index is 0.0872. The Morgan fingerprint density at radius 2 is 2.19 bits per heavy atom. The molecule has 0 unspecified atom stereocenters. The molecule has 0 spiro atoms. The van der Waals surface area contributed by atoms with E-state index in [1.807, 2.05) is 0 Å². The third kappa shape index (κ3) is 3.23. The summed E-state index contributed by atoms with van der Waals surface area (Å²) in [7, 11) is 0. The summed E-state index contributed by atoms with van der Waals surface area (Å²) < 4.78 is 9.07. The molecule has 6 heteroatoms. The molecule has 0 N–H and O–H groups in total. The smallest absolute Gasteiger partial charge is 0.429 e. The highest BCUT2D eigenvalue weighted by Gasteiger charge is 2.14. The van der Waals surface area contributed by atoms with Crippen LogP contribution in [0.25, 0.3) is 0 Å². The van der Waals surface area contributed by atoms with Crippen LogP contribution in [0.1, 0.15) is 12.5 Å². The van der Waals surface area contributed by atoms with Crippen molar-refractivity contribution < 1.29 is 19.2 Å². The van der Waals surface area contributed by atoms with Gasteiger partial charge in [-0.2, -0.15) is 0 Å². The number of ether oxygens (including phenoxy) is 2. The molecule has 1 rings (SSSR count). The van der Waals surface area contributed by atoms with Gasteiger partial charge in [0.05, 0.1) is 10.5 Å². The first kappa shape index (κ1) is 12.0. The Bertz CT molecular complexity index is 391. The summed E-state index contributed by atoms with van der Waals surface area (Å²) >= 11 is 0. The maximum Gasteiger partial charge on any atom is 0.509 e. The van der Waals surface area contributed by atoms with Gasteiger partial charge in [0.15, 0.2) is 0 Å². The second-order valence-electron chi connectivity index (χ2n) is 2.78. The first-order chi connectivity index (χ1) is 7.65. The third-order valence-electron chi connectivity index (χ3n) is 1.75. The molecule has 0 amide bonds. The fraction of sp³-hybridized carbons (Fsp3) is 0.200. The number of hydrogen-bond donors (Lipinski definition) is 0. The highest BCUT2D eigenvalue weighted by Crippen LogP contribution is 2.18. The fourth-order valence-corrected chi connectivity index (χ4v) is 1.08. The first-order valence-electron chi connectivity index (χ1n) is 4.48. The van der Waals surface area contributed by atoms with Crippen molar-refractivity contribution in [2.75, 3.05) is 0 Å². The standard InChI is InChI=1S/C10H10NO5/c1-2-15-10(12)16-7-8-5-3-4-6-9(8)11(13)14/h2-6H,7H2,1H3. The number of nitro benzene ring substituents is 1. The van der Waals surface area contributed by atoms with Gasteiger partial charge < -0.3 is 9.47 Å². The predicted molar refractivity (Wildman–Crippen MR) is 54.3 cm³/mol. The summed E-state index contributed by atoms with van der Waals surface area (Å²) in [6.07, 6.45) is -0.888. The van der Waals surface area contributed by atoms with E-state index in [1.165, 1.54) is 25.7 Å². The molecule has 0 saturated carbocycles. The van der Waals surface area contributed by atoms with Gasteiger partial charge in [-0.25, -0.2) is 4.79 Å². The van der Waals surface area contributed by atoms with Crippen LogP contribution in [-0.4, -0.2) is 11.1 Å². The van der Waals surface area contributed by atoms with Gasteiger partial charge in [-0.3, -0.25) is 10.1 Å². The molecule has 0 heterocycles. The zero-order valence-corrected chi connectivity index (χ0v) is 8.58. The number of carbonyl (C=O) groups excluding carboxylic acids is 1. The molecule has 0 fully saturated rings. The zero-order valence-electron chi connectivity index (χ0n) is 8.58. The van der Waals surface area contributed by atoms with Gasteiger partial charge >= 0.3 is 6.16 Å². The normalized spacial score (nSPS) is 9.56. The van der Waals surface area contributed by atoms with E-state index in [1.54, 1.807) is 12.1 Å². The predicted octanol–water partition coefficient (Wildman–Crippen LogP) is 2.43. The van der Waals surface area contributed by atoms with Crippen LogP contribution in [0.3, 0.4) is 0 Å². The Morgan fingerprint density at radius 3 is 2.81 bits per heavy atom. The quantitative estimate of drug-likeness (QED) is 0.445. The highest BCUT2D eigenvalue weighted by molar-refractivity contribution is 5.60. The van der Waals surface area contributed by atoms with Crippen molar-refractivity contribution in [2.24, 2.45) is 0 Å². The van der Waals surface area contributed by atoms with Crippen LogP contribution < -0.4 is 0 Å². The SMILES string of the molecule is C[CH]OC(=O)OCc1ccccc1[N+](=O)[O-]. The van der Waals surface area contributed by atoms with Crippen molar-refractivity contribution in [1.29, 1.82) is 0 Å². The number of nitrogens with zero attached hydrogens (tertiary/aromatic N) is 1. The lowest BCUT2D eigenvalue weighted by atomic mass is 10.2.